The van der Waals surface area contributed by atoms with Crippen LogP contribution in [0.4, 0.5) is 0 Å². The van der Waals surface area contributed by atoms with Crippen molar-refractivity contribution in [1.29, 1.82) is 0 Å². The molecule has 1 aromatic carbocycles. The second-order valence-electron chi connectivity index (χ2n) is 5.04. The molecule has 0 spiro atoms. The van der Waals surface area contributed by atoms with Gasteiger partial charge in [0.05, 0.1) is 0 Å². The summed E-state index contributed by atoms with van der Waals surface area (Å²) >= 11 is 0. The number of nitrogens with one attached hydrogen (secondary N) is 1. The van der Waals surface area contributed by atoms with Gasteiger partial charge in [0.15, 0.2) is 0 Å². The lowest BCUT2D eigenvalue weighted by atomic mass is 10.0. The summed E-state index contributed by atoms with van der Waals surface area (Å²) in [5.41, 5.74) is 8.99. The third kappa shape index (κ3) is 1.99. The van der Waals surface area contributed by atoms with E-state index >= 15 is 0 Å². The van der Waals surface area contributed by atoms with Gasteiger partial charge < -0.3 is 15.8 Å². The van der Waals surface area contributed by atoms with E-state index in [-0.39, 0.29) is 0 Å². The number of carbonyl (C=O) groups is 1. The zero-order chi connectivity index (χ0) is 12.7. The quantitative estimate of drug-likeness (QED) is 0.769. The maximum Gasteiger partial charge on any atom is 0.320 e. The van der Waals surface area contributed by atoms with Crippen LogP contribution in [0.3, 0.4) is 0 Å². The lowest BCUT2D eigenvalue weighted by Gasteiger charge is -2.05. The molecule has 4 N–H and O–H groups in total. The lowest BCUT2D eigenvalue weighted by Crippen LogP contribution is -2.32. The average Bonchev–Trinajstić information content (AvgIpc) is 3.13. The molecule has 1 aliphatic carbocycles. The molecule has 0 saturated heterocycles. The minimum Gasteiger partial charge on any atom is -0.480 e. The van der Waals surface area contributed by atoms with Gasteiger partial charge in [0.2, 0.25) is 0 Å². The summed E-state index contributed by atoms with van der Waals surface area (Å²) in [6.45, 7) is 0. The molecule has 1 heterocycles. The number of benzene rings is 1. The first kappa shape index (κ1) is 11.3. The van der Waals surface area contributed by atoms with E-state index in [9.17, 15) is 4.79 Å². The third-order valence-corrected chi connectivity index (χ3v) is 3.60. The number of aromatic amines is 1. The standard InChI is InChI=1S/C14H16N2O2/c15-12(14(17)18)6-10-7-16-13-4-3-9(5-11(10)13)8-1-2-8/h3-5,7-8,12,16H,1-2,6,15H2,(H,17,18)/t12-/m0/s1. The molecule has 2 aromatic rings. The fraction of sp³-hybridized carbons (Fsp3) is 0.357. The van der Waals surface area contributed by atoms with E-state index in [1.54, 1.807) is 0 Å². The Bertz CT molecular complexity index is 599. The van der Waals surface area contributed by atoms with E-state index in [1.807, 2.05) is 6.20 Å². The SMILES string of the molecule is N[C@@H](Cc1c[nH]c2ccc(C3CC3)cc12)C(=O)O. The van der Waals surface area contributed by atoms with Gasteiger partial charge in [-0.15, -0.1) is 0 Å². The van der Waals surface area contributed by atoms with E-state index in [0.29, 0.717) is 12.3 Å². The predicted molar refractivity (Wildman–Crippen MR) is 69.6 cm³/mol. The van der Waals surface area contributed by atoms with Crippen molar-refractivity contribution in [3.05, 3.63) is 35.5 Å². The molecule has 94 valence electrons. The highest BCUT2D eigenvalue weighted by molar-refractivity contribution is 5.85. The number of nitrogens with two attached hydrogens (primary N) is 1. The Labute approximate surface area is 105 Å². The van der Waals surface area contributed by atoms with E-state index in [4.69, 9.17) is 10.8 Å². The van der Waals surface area contributed by atoms with Crippen molar-refractivity contribution in [1.82, 2.24) is 4.98 Å². The molecule has 4 nitrogen and oxygen atoms in total. The van der Waals surface area contributed by atoms with Gasteiger partial charge in [-0.25, -0.2) is 0 Å². The van der Waals surface area contributed by atoms with Crippen LogP contribution in [0.5, 0.6) is 0 Å². The van der Waals surface area contributed by atoms with E-state index < -0.39 is 12.0 Å². The smallest absolute Gasteiger partial charge is 0.320 e. The maximum atomic E-state index is 10.8. The first-order chi connectivity index (χ1) is 8.65. The normalized spacial score (nSPS) is 16.9. The van der Waals surface area contributed by atoms with Crippen LogP contribution in [0.25, 0.3) is 10.9 Å². The summed E-state index contributed by atoms with van der Waals surface area (Å²) in [6.07, 6.45) is 4.76. The minimum atomic E-state index is -0.956. The Kier molecular flexibility index (Phi) is 2.59. The summed E-state index contributed by atoms with van der Waals surface area (Å²) in [4.78, 5) is 14.0. The van der Waals surface area contributed by atoms with Gasteiger partial charge in [-0.1, -0.05) is 6.07 Å². The van der Waals surface area contributed by atoms with Crippen LogP contribution in [0.1, 0.15) is 29.9 Å². The molecule has 3 rings (SSSR count). The predicted octanol–water partition coefficient (Wildman–Crippen LogP) is 2.00. The Morgan fingerprint density at radius 3 is 2.94 bits per heavy atom. The molecule has 18 heavy (non-hydrogen) atoms. The zero-order valence-electron chi connectivity index (χ0n) is 10.0. The molecule has 1 saturated carbocycles. The molecule has 0 aliphatic heterocycles. The maximum absolute atomic E-state index is 10.8. The number of hydrogen-bond acceptors (Lipinski definition) is 2. The molecular weight excluding hydrogens is 228 g/mol. The third-order valence-electron chi connectivity index (χ3n) is 3.60. The van der Waals surface area contributed by atoms with Crippen LogP contribution >= 0.6 is 0 Å². The summed E-state index contributed by atoms with van der Waals surface area (Å²) in [6, 6.07) is 5.55. The summed E-state index contributed by atoms with van der Waals surface area (Å²) in [5, 5.41) is 9.98. The zero-order valence-corrected chi connectivity index (χ0v) is 10.0. The first-order valence-corrected chi connectivity index (χ1v) is 6.23. The average molecular weight is 244 g/mol. The molecule has 4 heteroatoms. The van der Waals surface area contributed by atoms with Gasteiger partial charge in [0.25, 0.3) is 0 Å². The molecule has 0 unspecified atom stereocenters. The number of rotatable bonds is 4. The van der Waals surface area contributed by atoms with Gasteiger partial charge in [-0.2, -0.15) is 0 Å². The number of aliphatic carboxylic acids is 1. The van der Waals surface area contributed by atoms with Crippen LogP contribution in [0.2, 0.25) is 0 Å². The Morgan fingerprint density at radius 1 is 1.50 bits per heavy atom. The molecule has 0 bridgehead atoms. The molecule has 1 aliphatic rings. The second-order valence-corrected chi connectivity index (χ2v) is 5.04. The Morgan fingerprint density at radius 2 is 2.28 bits per heavy atom. The number of carboxylic acid groups (broad SMARTS) is 1. The first-order valence-electron chi connectivity index (χ1n) is 6.23. The van der Waals surface area contributed by atoms with Gasteiger partial charge in [0, 0.05) is 23.5 Å². The number of fused-ring (bicyclic) bond motifs is 1. The Balaban J connectivity index is 1.95. The topological polar surface area (TPSA) is 79.1 Å². The second kappa shape index (κ2) is 4.14. The molecule has 0 radical (unpaired) electrons. The van der Waals surface area contributed by atoms with Crippen LogP contribution in [0.15, 0.2) is 24.4 Å². The fourth-order valence-electron chi connectivity index (χ4n) is 2.36. The molecule has 0 amide bonds. The van der Waals surface area contributed by atoms with E-state index in [2.05, 4.69) is 23.2 Å². The summed E-state index contributed by atoms with van der Waals surface area (Å²) in [5.74, 6) is -0.256. The highest BCUT2D eigenvalue weighted by Crippen LogP contribution is 2.41. The summed E-state index contributed by atoms with van der Waals surface area (Å²) < 4.78 is 0. The van der Waals surface area contributed by atoms with Crippen molar-refractivity contribution in [2.45, 2.75) is 31.2 Å². The number of hydrogen-bond donors (Lipinski definition) is 3. The van der Waals surface area contributed by atoms with E-state index in [1.165, 1.54) is 18.4 Å². The lowest BCUT2D eigenvalue weighted by molar-refractivity contribution is -0.138. The highest BCUT2D eigenvalue weighted by Gasteiger charge is 2.24. The van der Waals surface area contributed by atoms with Crippen LogP contribution < -0.4 is 5.73 Å². The molecule has 1 fully saturated rings. The summed E-state index contributed by atoms with van der Waals surface area (Å²) in [7, 11) is 0. The van der Waals surface area contributed by atoms with Crippen molar-refractivity contribution >= 4 is 16.9 Å². The monoisotopic (exact) mass is 244 g/mol. The van der Waals surface area contributed by atoms with Gasteiger partial charge in [-0.3, -0.25) is 4.79 Å². The highest BCUT2D eigenvalue weighted by atomic mass is 16.4. The van der Waals surface area contributed by atoms with E-state index in [0.717, 1.165) is 16.5 Å². The van der Waals surface area contributed by atoms with Crippen molar-refractivity contribution in [3.8, 4) is 0 Å². The van der Waals surface area contributed by atoms with Crippen LogP contribution in [-0.2, 0) is 11.2 Å². The van der Waals surface area contributed by atoms with Crippen LogP contribution in [0, 0.1) is 0 Å². The molecular formula is C14H16N2O2. The Hall–Kier alpha value is -1.81. The fourth-order valence-corrected chi connectivity index (χ4v) is 2.36. The van der Waals surface area contributed by atoms with Crippen molar-refractivity contribution in [2.24, 2.45) is 5.73 Å². The van der Waals surface area contributed by atoms with Gasteiger partial charge in [-0.05, 0) is 42.0 Å². The number of aromatic nitrogens is 1. The van der Waals surface area contributed by atoms with Crippen LogP contribution in [-0.4, -0.2) is 22.1 Å². The number of H-pyrrole nitrogens is 1. The molecule has 1 aromatic heterocycles. The van der Waals surface area contributed by atoms with Crippen molar-refractivity contribution in [3.63, 3.8) is 0 Å². The minimum absolute atomic E-state index is 0.365. The van der Waals surface area contributed by atoms with Gasteiger partial charge in [0.1, 0.15) is 6.04 Å². The largest absolute Gasteiger partial charge is 0.480 e. The number of carboxylic acids is 1. The van der Waals surface area contributed by atoms with Gasteiger partial charge >= 0.3 is 5.97 Å². The van der Waals surface area contributed by atoms with Crippen molar-refractivity contribution in [2.75, 3.05) is 0 Å². The van der Waals surface area contributed by atoms with Crippen molar-refractivity contribution < 1.29 is 9.90 Å². The molecule has 1 atom stereocenters.